The molecule has 1 aromatic heterocycles. The fourth-order valence-corrected chi connectivity index (χ4v) is 0.787. The van der Waals surface area contributed by atoms with Crippen molar-refractivity contribution >= 4 is 6.08 Å². The van der Waals surface area contributed by atoms with Crippen molar-refractivity contribution in [3.05, 3.63) is 11.6 Å². The van der Waals surface area contributed by atoms with Gasteiger partial charge in [-0.2, -0.15) is 9.97 Å². The zero-order valence-corrected chi connectivity index (χ0v) is 8.18. The first-order chi connectivity index (χ1) is 6.65. The molecule has 0 saturated heterocycles. The lowest BCUT2D eigenvalue weighted by atomic mass is 10.4. The minimum absolute atomic E-state index is 0.0975. The van der Waals surface area contributed by atoms with Crippen molar-refractivity contribution in [2.45, 2.75) is 6.92 Å². The van der Waals surface area contributed by atoms with E-state index in [9.17, 15) is 0 Å². The summed E-state index contributed by atoms with van der Waals surface area (Å²) in [4.78, 5) is 11.6. The smallest absolute Gasteiger partial charge is 0.322 e. The average molecular weight is 197 g/mol. The summed E-state index contributed by atoms with van der Waals surface area (Å²) in [5.41, 5.74) is 0. The van der Waals surface area contributed by atoms with Gasteiger partial charge >= 0.3 is 12.0 Å². The fraction of sp³-hybridized carbons (Fsp3) is 0.375. The molecule has 1 rings (SSSR count). The van der Waals surface area contributed by atoms with Crippen LogP contribution in [0.4, 0.5) is 0 Å². The summed E-state index contributed by atoms with van der Waals surface area (Å²) in [6, 6.07) is 0.286. The fourth-order valence-electron chi connectivity index (χ4n) is 0.787. The number of aliphatic hydroxyl groups is 1. The van der Waals surface area contributed by atoms with Crippen LogP contribution < -0.4 is 9.47 Å². The zero-order valence-electron chi connectivity index (χ0n) is 8.18. The molecule has 1 aromatic rings. The Morgan fingerprint density at radius 3 is 2.00 bits per heavy atom. The first kappa shape index (κ1) is 10.2. The third-order valence-electron chi connectivity index (χ3n) is 1.31. The van der Waals surface area contributed by atoms with Gasteiger partial charge in [-0.05, 0) is 6.92 Å². The number of hydrogen-bond donors (Lipinski definition) is 1. The molecular weight excluding hydrogens is 186 g/mol. The van der Waals surface area contributed by atoms with E-state index in [-0.39, 0.29) is 23.6 Å². The zero-order chi connectivity index (χ0) is 10.6. The van der Waals surface area contributed by atoms with Gasteiger partial charge in [-0.1, -0.05) is 0 Å². The number of methoxy groups -OCH3 is 2. The van der Waals surface area contributed by atoms with Crippen LogP contribution in [0.5, 0.6) is 12.0 Å². The molecule has 0 fully saturated rings. The van der Waals surface area contributed by atoms with Crippen LogP contribution in [0.3, 0.4) is 0 Å². The number of nitrogens with zero attached hydrogens (tertiary/aromatic N) is 3. The maximum absolute atomic E-state index is 9.01. The summed E-state index contributed by atoms with van der Waals surface area (Å²) in [7, 11) is 2.88. The highest BCUT2D eigenvalue weighted by molar-refractivity contribution is 5.42. The van der Waals surface area contributed by atoms with Gasteiger partial charge in [0.15, 0.2) is 5.82 Å². The van der Waals surface area contributed by atoms with Crippen molar-refractivity contribution in [1.82, 2.24) is 15.0 Å². The summed E-state index contributed by atoms with van der Waals surface area (Å²) < 4.78 is 9.65. The summed E-state index contributed by atoms with van der Waals surface area (Å²) in [6.07, 6.45) is 1.38. The van der Waals surface area contributed by atoms with Crippen molar-refractivity contribution < 1.29 is 14.6 Å². The Morgan fingerprint density at radius 1 is 1.14 bits per heavy atom. The Morgan fingerprint density at radius 2 is 1.64 bits per heavy atom. The van der Waals surface area contributed by atoms with E-state index in [0.717, 1.165) is 0 Å². The second-order valence-electron chi connectivity index (χ2n) is 2.45. The number of ether oxygens (including phenoxy) is 2. The molecule has 1 N–H and O–H groups in total. The molecule has 0 spiro atoms. The Bertz CT molecular complexity index is 325. The van der Waals surface area contributed by atoms with Gasteiger partial charge in [-0.25, -0.2) is 0 Å². The Balaban J connectivity index is 3.10. The Labute approximate surface area is 81.2 Å². The lowest BCUT2D eigenvalue weighted by Crippen LogP contribution is -2.00. The largest absolute Gasteiger partial charge is 0.512 e. The Hall–Kier alpha value is -1.85. The minimum atomic E-state index is 0.0975. The van der Waals surface area contributed by atoms with Crippen LogP contribution in [-0.4, -0.2) is 34.3 Å². The van der Waals surface area contributed by atoms with Gasteiger partial charge in [-0.3, -0.25) is 0 Å². The predicted octanol–water partition coefficient (Wildman–Crippen LogP) is 0.808. The highest BCUT2D eigenvalue weighted by atomic mass is 16.5. The van der Waals surface area contributed by atoms with Crippen molar-refractivity contribution in [3.63, 3.8) is 0 Å². The van der Waals surface area contributed by atoms with Crippen LogP contribution in [0.2, 0.25) is 0 Å². The molecule has 0 aromatic carbocycles. The molecule has 0 bridgehead atoms. The summed E-state index contributed by atoms with van der Waals surface area (Å²) in [6.45, 7) is 1.52. The number of rotatable bonds is 3. The van der Waals surface area contributed by atoms with Gasteiger partial charge < -0.3 is 14.6 Å². The van der Waals surface area contributed by atoms with E-state index >= 15 is 0 Å². The van der Waals surface area contributed by atoms with Crippen LogP contribution in [0.15, 0.2) is 5.76 Å². The van der Waals surface area contributed by atoms with E-state index < -0.39 is 0 Å². The van der Waals surface area contributed by atoms with Gasteiger partial charge in [0, 0.05) is 6.08 Å². The molecule has 0 atom stereocenters. The number of aromatic nitrogens is 3. The second kappa shape index (κ2) is 4.40. The number of hydrogen-bond acceptors (Lipinski definition) is 6. The molecule has 0 radical (unpaired) electrons. The van der Waals surface area contributed by atoms with Gasteiger partial charge in [0.05, 0.1) is 20.0 Å². The predicted molar refractivity (Wildman–Crippen MR) is 49.2 cm³/mol. The molecule has 0 aliphatic heterocycles. The first-order valence-electron chi connectivity index (χ1n) is 3.87. The van der Waals surface area contributed by atoms with Crippen molar-refractivity contribution in [3.8, 4) is 12.0 Å². The molecule has 0 amide bonds. The van der Waals surface area contributed by atoms with Crippen LogP contribution >= 0.6 is 0 Å². The lowest BCUT2D eigenvalue weighted by Gasteiger charge is -2.01. The molecule has 6 heteroatoms. The maximum atomic E-state index is 9.01. The molecule has 14 heavy (non-hydrogen) atoms. The normalized spacial score (nSPS) is 11.2. The minimum Gasteiger partial charge on any atom is -0.512 e. The van der Waals surface area contributed by atoms with E-state index in [1.165, 1.54) is 27.2 Å². The van der Waals surface area contributed by atoms with Gasteiger partial charge in [0.1, 0.15) is 0 Å². The standard InChI is InChI=1S/C8H11N3O3/c1-5(12)4-6-9-7(13-2)11-8(10-6)14-3/h4,12H,1-3H3/b5-4+. The monoisotopic (exact) mass is 197 g/mol. The number of allylic oxidation sites excluding steroid dienone is 1. The van der Waals surface area contributed by atoms with Crippen molar-refractivity contribution in [2.24, 2.45) is 0 Å². The average Bonchev–Trinajstić information content (AvgIpc) is 2.16. The highest BCUT2D eigenvalue weighted by Crippen LogP contribution is 2.10. The van der Waals surface area contributed by atoms with Gasteiger partial charge in [-0.15, -0.1) is 4.98 Å². The Kier molecular flexibility index (Phi) is 3.22. The van der Waals surface area contributed by atoms with Gasteiger partial charge in [0.25, 0.3) is 0 Å². The van der Waals surface area contributed by atoms with Gasteiger partial charge in [0.2, 0.25) is 0 Å². The topological polar surface area (TPSA) is 77.4 Å². The first-order valence-corrected chi connectivity index (χ1v) is 3.87. The molecule has 0 aliphatic carbocycles. The van der Waals surface area contributed by atoms with E-state index in [1.54, 1.807) is 0 Å². The van der Waals surface area contributed by atoms with E-state index in [0.29, 0.717) is 0 Å². The highest BCUT2D eigenvalue weighted by Gasteiger charge is 2.04. The lowest BCUT2D eigenvalue weighted by molar-refractivity contribution is 0.339. The van der Waals surface area contributed by atoms with Crippen LogP contribution in [0.25, 0.3) is 6.08 Å². The summed E-state index contributed by atoms with van der Waals surface area (Å²) >= 11 is 0. The molecule has 1 heterocycles. The van der Waals surface area contributed by atoms with Crippen molar-refractivity contribution in [2.75, 3.05) is 14.2 Å². The third kappa shape index (κ3) is 2.58. The summed E-state index contributed by atoms with van der Waals surface area (Å²) in [5.74, 6) is 0.383. The summed E-state index contributed by atoms with van der Waals surface area (Å²) in [5, 5.41) is 9.01. The van der Waals surface area contributed by atoms with Crippen LogP contribution in [-0.2, 0) is 0 Å². The molecule has 76 valence electrons. The van der Waals surface area contributed by atoms with Crippen molar-refractivity contribution in [1.29, 1.82) is 0 Å². The second-order valence-corrected chi connectivity index (χ2v) is 2.45. The van der Waals surface area contributed by atoms with E-state index in [2.05, 4.69) is 15.0 Å². The quantitative estimate of drug-likeness (QED) is 0.722. The molecular formula is C8H11N3O3. The molecule has 0 saturated carbocycles. The molecule has 0 aliphatic rings. The number of aliphatic hydroxyl groups excluding tert-OH is 1. The van der Waals surface area contributed by atoms with Crippen LogP contribution in [0, 0.1) is 0 Å². The van der Waals surface area contributed by atoms with Crippen LogP contribution in [0.1, 0.15) is 12.7 Å². The third-order valence-corrected chi connectivity index (χ3v) is 1.31. The maximum Gasteiger partial charge on any atom is 0.322 e. The van der Waals surface area contributed by atoms with E-state index in [4.69, 9.17) is 14.6 Å². The molecule has 0 unspecified atom stereocenters. The van der Waals surface area contributed by atoms with E-state index in [1.807, 2.05) is 0 Å². The SMILES string of the molecule is COc1nc(/C=C(\C)O)nc(OC)n1. The molecule has 6 nitrogen and oxygen atoms in total.